The van der Waals surface area contributed by atoms with Crippen LogP contribution in [0.2, 0.25) is 0 Å². The van der Waals surface area contributed by atoms with Gasteiger partial charge in [-0.05, 0) is 13.0 Å². The monoisotopic (exact) mass is 277 g/mol. The Hall–Kier alpha value is -2.88. The number of aromatic carboxylic acids is 1. The molecular formula is C13H11NO6. The summed E-state index contributed by atoms with van der Waals surface area (Å²) >= 11 is 0. The maximum absolute atomic E-state index is 11.1. The van der Waals surface area contributed by atoms with Crippen molar-refractivity contribution in [2.45, 2.75) is 13.3 Å². The molecule has 104 valence electrons. The van der Waals surface area contributed by atoms with E-state index in [9.17, 15) is 19.7 Å². The van der Waals surface area contributed by atoms with Crippen LogP contribution in [0, 0.1) is 22.0 Å². The predicted octanol–water partition coefficient (Wildman–Crippen LogP) is 1.60. The Kier molecular flexibility index (Phi) is 5.23. The van der Waals surface area contributed by atoms with E-state index in [1.807, 2.05) is 0 Å². The number of rotatable bonds is 4. The number of nitro groups is 1. The van der Waals surface area contributed by atoms with Crippen LogP contribution in [-0.4, -0.2) is 28.6 Å². The van der Waals surface area contributed by atoms with Crippen molar-refractivity contribution >= 4 is 17.6 Å². The summed E-state index contributed by atoms with van der Waals surface area (Å²) in [7, 11) is 0. The molecular weight excluding hydrogens is 266 g/mol. The van der Waals surface area contributed by atoms with E-state index in [4.69, 9.17) is 5.11 Å². The Balaban J connectivity index is 3.15. The number of esters is 1. The molecule has 0 bridgehead atoms. The maximum Gasteiger partial charge on any atom is 0.337 e. The lowest BCUT2D eigenvalue weighted by Gasteiger charge is -2.00. The molecule has 0 saturated carbocycles. The van der Waals surface area contributed by atoms with E-state index < -0.39 is 22.5 Å². The number of carbonyl (C=O) groups is 2. The molecule has 0 unspecified atom stereocenters. The van der Waals surface area contributed by atoms with E-state index in [0.717, 1.165) is 6.07 Å². The van der Waals surface area contributed by atoms with Crippen LogP contribution in [0.3, 0.4) is 0 Å². The van der Waals surface area contributed by atoms with E-state index in [-0.39, 0.29) is 24.2 Å². The first-order valence-corrected chi connectivity index (χ1v) is 5.62. The van der Waals surface area contributed by atoms with Crippen LogP contribution >= 0.6 is 0 Å². The Labute approximate surface area is 114 Å². The lowest BCUT2D eigenvalue weighted by Crippen LogP contribution is -2.04. The molecule has 0 aliphatic heterocycles. The smallest absolute Gasteiger partial charge is 0.337 e. The minimum Gasteiger partial charge on any atom is -0.478 e. The third kappa shape index (κ3) is 3.81. The fraction of sp³-hybridized carbons (Fsp3) is 0.231. The van der Waals surface area contributed by atoms with Crippen LogP contribution in [-0.2, 0) is 9.53 Å². The Morgan fingerprint density at radius 1 is 1.45 bits per heavy atom. The second kappa shape index (κ2) is 6.89. The normalized spacial score (nSPS) is 9.25. The van der Waals surface area contributed by atoms with Crippen LogP contribution in [0.15, 0.2) is 18.2 Å². The summed E-state index contributed by atoms with van der Waals surface area (Å²) in [5.74, 6) is 2.85. The zero-order chi connectivity index (χ0) is 15.1. The molecule has 1 aromatic carbocycles. The highest BCUT2D eigenvalue weighted by atomic mass is 16.6. The SMILES string of the molecule is CCOC(=O)CC#Cc1c(C(=O)O)cccc1[N+](=O)[O-]. The summed E-state index contributed by atoms with van der Waals surface area (Å²) < 4.78 is 4.64. The molecule has 0 saturated heterocycles. The van der Waals surface area contributed by atoms with E-state index in [0.29, 0.717) is 0 Å². The summed E-state index contributed by atoms with van der Waals surface area (Å²) in [6, 6.07) is 3.63. The predicted molar refractivity (Wildman–Crippen MR) is 68.2 cm³/mol. The summed E-state index contributed by atoms with van der Waals surface area (Å²) in [4.78, 5) is 32.2. The van der Waals surface area contributed by atoms with Gasteiger partial charge in [0, 0.05) is 6.07 Å². The molecule has 20 heavy (non-hydrogen) atoms. The van der Waals surface area contributed by atoms with E-state index in [2.05, 4.69) is 16.6 Å². The number of nitro benzene ring substituents is 1. The quantitative estimate of drug-likeness (QED) is 0.387. The molecule has 0 atom stereocenters. The fourth-order valence-corrected chi connectivity index (χ4v) is 1.42. The summed E-state index contributed by atoms with van der Waals surface area (Å²) in [5.41, 5.74) is -0.925. The third-order valence-electron chi connectivity index (χ3n) is 2.22. The molecule has 1 aromatic rings. The van der Waals surface area contributed by atoms with Gasteiger partial charge in [0.15, 0.2) is 0 Å². The molecule has 0 spiro atoms. The molecule has 7 heteroatoms. The standard InChI is InChI=1S/C13H11NO6/c1-2-20-12(15)8-4-5-9-10(13(16)17)6-3-7-11(9)14(18)19/h3,6-7H,2,8H2,1H3,(H,16,17). The first kappa shape index (κ1) is 15.2. The molecule has 0 aromatic heterocycles. The van der Waals surface area contributed by atoms with Gasteiger partial charge in [-0.2, -0.15) is 0 Å². The van der Waals surface area contributed by atoms with Gasteiger partial charge in [-0.25, -0.2) is 4.79 Å². The second-order valence-electron chi connectivity index (χ2n) is 3.55. The minimum atomic E-state index is -1.32. The topological polar surface area (TPSA) is 107 Å². The van der Waals surface area contributed by atoms with Crippen LogP contribution in [0.1, 0.15) is 29.3 Å². The van der Waals surface area contributed by atoms with Gasteiger partial charge in [-0.3, -0.25) is 14.9 Å². The number of hydrogen-bond acceptors (Lipinski definition) is 5. The minimum absolute atomic E-state index is 0.201. The van der Waals surface area contributed by atoms with Crippen LogP contribution in [0.4, 0.5) is 5.69 Å². The average molecular weight is 277 g/mol. The van der Waals surface area contributed by atoms with Gasteiger partial charge in [0.1, 0.15) is 12.0 Å². The molecule has 0 heterocycles. The lowest BCUT2D eigenvalue weighted by molar-refractivity contribution is -0.385. The number of carboxylic acids is 1. The van der Waals surface area contributed by atoms with Gasteiger partial charge in [-0.1, -0.05) is 17.9 Å². The number of nitrogens with zero attached hydrogens (tertiary/aromatic N) is 1. The first-order valence-electron chi connectivity index (χ1n) is 5.62. The van der Waals surface area contributed by atoms with Crippen molar-refractivity contribution in [3.05, 3.63) is 39.4 Å². The fourth-order valence-electron chi connectivity index (χ4n) is 1.42. The summed E-state index contributed by atoms with van der Waals surface area (Å²) in [6.45, 7) is 1.84. The van der Waals surface area contributed by atoms with Crippen molar-refractivity contribution in [2.75, 3.05) is 6.61 Å². The second-order valence-corrected chi connectivity index (χ2v) is 3.55. The van der Waals surface area contributed by atoms with Crippen molar-refractivity contribution in [1.82, 2.24) is 0 Å². The van der Waals surface area contributed by atoms with Crippen molar-refractivity contribution < 1.29 is 24.4 Å². The van der Waals surface area contributed by atoms with Crippen LogP contribution in [0.25, 0.3) is 0 Å². The van der Waals surface area contributed by atoms with Crippen LogP contribution < -0.4 is 0 Å². The molecule has 0 amide bonds. The van der Waals surface area contributed by atoms with Crippen molar-refractivity contribution in [3.63, 3.8) is 0 Å². The van der Waals surface area contributed by atoms with Gasteiger partial charge >= 0.3 is 11.9 Å². The summed E-state index contributed by atoms with van der Waals surface area (Å²) in [5, 5.41) is 19.8. The number of ether oxygens (including phenoxy) is 1. The Bertz CT molecular complexity index is 579. The number of benzene rings is 1. The zero-order valence-corrected chi connectivity index (χ0v) is 10.6. The van der Waals surface area contributed by atoms with Gasteiger partial charge in [0.05, 0.1) is 17.1 Å². The molecule has 0 aliphatic carbocycles. The molecule has 7 nitrogen and oxygen atoms in total. The van der Waals surface area contributed by atoms with E-state index in [1.54, 1.807) is 6.92 Å². The largest absolute Gasteiger partial charge is 0.478 e. The number of carboxylic acid groups (broad SMARTS) is 1. The van der Waals surface area contributed by atoms with Gasteiger partial charge < -0.3 is 9.84 Å². The van der Waals surface area contributed by atoms with Gasteiger partial charge in [0.25, 0.3) is 5.69 Å². The third-order valence-corrected chi connectivity index (χ3v) is 2.22. The highest BCUT2D eigenvalue weighted by Crippen LogP contribution is 2.21. The van der Waals surface area contributed by atoms with Crippen LogP contribution in [0.5, 0.6) is 0 Å². The molecule has 1 N–H and O–H groups in total. The number of carbonyl (C=O) groups excluding carboxylic acids is 1. The summed E-state index contributed by atoms with van der Waals surface area (Å²) in [6.07, 6.45) is -0.265. The van der Waals surface area contributed by atoms with Gasteiger partial charge in [-0.15, -0.1) is 0 Å². The van der Waals surface area contributed by atoms with E-state index >= 15 is 0 Å². The molecule has 0 fully saturated rings. The van der Waals surface area contributed by atoms with Crippen molar-refractivity contribution in [1.29, 1.82) is 0 Å². The Morgan fingerprint density at radius 3 is 2.70 bits per heavy atom. The highest BCUT2D eigenvalue weighted by molar-refractivity contribution is 5.92. The molecule has 1 rings (SSSR count). The molecule has 0 aliphatic rings. The zero-order valence-electron chi connectivity index (χ0n) is 10.6. The van der Waals surface area contributed by atoms with E-state index in [1.165, 1.54) is 12.1 Å². The molecule has 0 radical (unpaired) electrons. The maximum atomic E-state index is 11.1. The average Bonchev–Trinajstić information content (AvgIpc) is 2.38. The number of hydrogen-bond donors (Lipinski definition) is 1. The van der Waals surface area contributed by atoms with Crippen molar-refractivity contribution in [2.24, 2.45) is 0 Å². The highest BCUT2D eigenvalue weighted by Gasteiger charge is 2.19. The van der Waals surface area contributed by atoms with Crippen molar-refractivity contribution in [3.8, 4) is 11.8 Å². The Morgan fingerprint density at radius 2 is 2.15 bits per heavy atom. The first-order chi connectivity index (χ1) is 9.47. The van der Waals surface area contributed by atoms with Gasteiger partial charge in [0.2, 0.25) is 0 Å². The lowest BCUT2D eigenvalue weighted by atomic mass is 10.1.